The Kier molecular flexibility index (Phi) is 9.77. The molecule has 2 rings (SSSR count). The minimum atomic E-state index is -4.17. The van der Waals surface area contributed by atoms with Gasteiger partial charge in [0.15, 0.2) is 5.54 Å². The first kappa shape index (κ1) is 32.1. The van der Waals surface area contributed by atoms with E-state index in [-0.39, 0.29) is 19.5 Å². The van der Waals surface area contributed by atoms with Gasteiger partial charge in [-0.25, -0.2) is 4.79 Å². The normalized spacial score (nSPS) is 26.0. The topological polar surface area (TPSA) is 192 Å². The van der Waals surface area contributed by atoms with Gasteiger partial charge in [0.05, 0.1) is 11.2 Å². The number of azide groups is 1. The van der Waals surface area contributed by atoms with Crippen molar-refractivity contribution in [3.05, 3.63) is 10.4 Å². The van der Waals surface area contributed by atoms with E-state index in [0.717, 1.165) is 4.31 Å². The molecule has 0 aliphatic carbocycles. The van der Waals surface area contributed by atoms with Gasteiger partial charge in [0.2, 0.25) is 0 Å². The molecule has 0 aromatic heterocycles. The summed E-state index contributed by atoms with van der Waals surface area (Å²) in [7, 11) is -4.66. The molecule has 2 aliphatic rings. The molecule has 1 amide bonds. The maximum Gasteiger partial charge on any atom is 0.457 e. The first-order valence-electron chi connectivity index (χ1n) is 12.6. The summed E-state index contributed by atoms with van der Waals surface area (Å²) in [6.07, 6.45) is 0.514. The summed E-state index contributed by atoms with van der Waals surface area (Å²) in [6.45, 7) is 13.7. The lowest BCUT2D eigenvalue weighted by Gasteiger charge is -2.32. The molecule has 2 heterocycles. The first-order chi connectivity index (χ1) is 17.2. The molecule has 216 valence electrons. The zero-order valence-corrected chi connectivity index (χ0v) is 24.3. The second-order valence-corrected chi connectivity index (χ2v) is 13.6. The van der Waals surface area contributed by atoms with Gasteiger partial charge in [-0.05, 0) is 79.6 Å². The van der Waals surface area contributed by atoms with E-state index in [1.165, 1.54) is 0 Å². The van der Waals surface area contributed by atoms with Crippen molar-refractivity contribution in [2.45, 2.75) is 103 Å². The van der Waals surface area contributed by atoms with Crippen LogP contribution in [0.1, 0.15) is 68.2 Å². The Hall–Kier alpha value is -2.10. The highest BCUT2D eigenvalue weighted by atomic mass is 32.2. The van der Waals surface area contributed by atoms with Crippen LogP contribution in [0.3, 0.4) is 0 Å². The van der Waals surface area contributed by atoms with Crippen molar-refractivity contribution in [3.63, 3.8) is 0 Å². The number of hydrogen-bond acceptors (Lipinski definition) is 8. The maximum atomic E-state index is 13.1. The number of carboxylic acid groups (broad SMARTS) is 1. The highest BCUT2D eigenvalue weighted by molar-refractivity contribution is 7.87. The Morgan fingerprint density at radius 2 is 1.84 bits per heavy atom. The number of carbonyl (C=O) groups is 2. The number of carbonyl (C=O) groups excluding carboxylic acids is 1. The van der Waals surface area contributed by atoms with E-state index in [1.54, 1.807) is 27.7 Å². The standard InChI is InChI=1S/C22H41BN6O8S/c1-15(12-25-18(32)35-19(2,3)4)26-38(33,34)29-13-16(22(14-29,17(30)31)27-28-24)10-9-11-23-36-20(5,6)21(7,8)37-23/h15-16,26H,9-14H2,1-8H3,(H,25,32)(H,30,31)/t15-,16-,22+/m1/s1. The van der Waals surface area contributed by atoms with Crippen molar-refractivity contribution in [1.82, 2.24) is 14.3 Å². The fourth-order valence-corrected chi connectivity index (χ4v) is 5.87. The largest absolute Gasteiger partial charge is 0.481 e. The van der Waals surface area contributed by atoms with Gasteiger partial charge in [-0.1, -0.05) is 11.5 Å². The van der Waals surface area contributed by atoms with E-state index >= 15 is 0 Å². The molecule has 0 radical (unpaired) electrons. The summed E-state index contributed by atoms with van der Waals surface area (Å²) in [4.78, 5) is 26.9. The fourth-order valence-electron chi connectivity index (χ4n) is 4.39. The van der Waals surface area contributed by atoms with Crippen LogP contribution in [-0.4, -0.2) is 85.0 Å². The summed E-state index contributed by atoms with van der Waals surface area (Å²) in [5, 5.41) is 16.1. The van der Waals surface area contributed by atoms with Crippen molar-refractivity contribution in [2.75, 3.05) is 19.6 Å². The van der Waals surface area contributed by atoms with Gasteiger partial charge in [-0.3, -0.25) is 4.79 Å². The molecule has 0 saturated carbocycles. The van der Waals surface area contributed by atoms with Gasteiger partial charge in [0.1, 0.15) is 5.60 Å². The van der Waals surface area contributed by atoms with Crippen LogP contribution in [0.5, 0.6) is 0 Å². The molecule has 2 fully saturated rings. The molecule has 3 N–H and O–H groups in total. The third-order valence-electron chi connectivity index (χ3n) is 7.05. The van der Waals surface area contributed by atoms with Crippen LogP contribution in [0.15, 0.2) is 5.11 Å². The number of hydrogen-bond donors (Lipinski definition) is 3. The molecular formula is C22H41BN6O8S. The van der Waals surface area contributed by atoms with Crippen molar-refractivity contribution < 1.29 is 37.2 Å². The Morgan fingerprint density at radius 1 is 1.26 bits per heavy atom. The lowest BCUT2D eigenvalue weighted by molar-refractivity contribution is -0.144. The number of rotatable bonds is 11. The Morgan fingerprint density at radius 3 is 2.34 bits per heavy atom. The van der Waals surface area contributed by atoms with Crippen LogP contribution in [0.2, 0.25) is 6.32 Å². The number of nitrogens with zero attached hydrogens (tertiary/aromatic N) is 4. The zero-order chi connectivity index (χ0) is 29.2. The Labute approximate surface area is 225 Å². The number of aliphatic carboxylic acids is 1. The van der Waals surface area contributed by atoms with Gasteiger partial charge < -0.3 is 24.5 Å². The Balaban J connectivity index is 2.06. The summed E-state index contributed by atoms with van der Waals surface area (Å²) < 4.78 is 46.7. The molecule has 16 heteroatoms. The molecular weight excluding hydrogens is 519 g/mol. The van der Waals surface area contributed by atoms with E-state index in [0.29, 0.717) is 12.7 Å². The average Bonchev–Trinajstić information content (AvgIpc) is 3.20. The van der Waals surface area contributed by atoms with Crippen molar-refractivity contribution in [3.8, 4) is 0 Å². The minimum Gasteiger partial charge on any atom is -0.481 e. The number of nitrogens with one attached hydrogen (secondary N) is 2. The molecule has 38 heavy (non-hydrogen) atoms. The van der Waals surface area contributed by atoms with Crippen LogP contribution >= 0.6 is 0 Å². The van der Waals surface area contributed by atoms with E-state index in [2.05, 4.69) is 20.1 Å². The average molecular weight is 560 g/mol. The van der Waals surface area contributed by atoms with Crippen LogP contribution in [0.4, 0.5) is 4.79 Å². The second-order valence-electron chi connectivity index (χ2n) is 11.9. The van der Waals surface area contributed by atoms with Gasteiger partial charge in [0.25, 0.3) is 10.2 Å². The first-order valence-corrected chi connectivity index (χ1v) is 14.1. The lowest BCUT2D eigenvalue weighted by Crippen LogP contribution is -2.49. The number of amides is 1. The third kappa shape index (κ3) is 7.73. The number of alkyl carbamates (subject to hydrolysis) is 1. The van der Waals surface area contributed by atoms with E-state index < -0.39 is 70.2 Å². The fraction of sp³-hybridized carbons (Fsp3) is 0.909. The van der Waals surface area contributed by atoms with Crippen LogP contribution in [-0.2, 0) is 29.0 Å². The van der Waals surface area contributed by atoms with Crippen LogP contribution in [0, 0.1) is 5.92 Å². The zero-order valence-electron chi connectivity index (χ0n) is 23.5. The number of ether oxygens (including phenoxy) is 1. The quantitative estimate of drug-likeness (QED) is 0.149. The van der Waals surface area contributed by atoms with E-state index in [1.807, 2.05) is 27.7 Å². The summed E-state index contributed by atoms with van der Waals surface area (Å²) in [5.41, 5.74) is 5.45. The lowest BCUT2D eigenvalue weighted by atomic mass is 9.78. The smallest absolute Gasteiger partial charge is 0.457 e. The minimum absolute atomic E-state index is 0.0556. The highest BCUT2D eigenvalue weighted by Crippen LogP contribution is 2.40. The summed E-state index contributed by atoms with van der Waals surface area (Å²) in [5.74, 6) is -2.17. The van der Waals surface area contributed by atoms with Crippen molar-refractivity contribution in [1.29, 1.82) is 0 Å². The molecule has 0 spiro atoms. The molecule has 14 nitrogen and oxygen atoms in total. The molecule has 2 aliphatic heterocycles. The Bertz CT molecular complexity index is 1020. The predicted octanol–water partition coefficient (Wildman–Crippen LogP) is 2.67. The van der Waals surface area contributed by atoms with Gasteiger partial charge in [-0.2, -0.15) is 17.4 Å². The SMILES string of the molecule is C[C@H](CNC(=O)OC(C)(C)C)NS(=O)(=O)N1C[C@@H](CCCB2OC(C)(C)C(C)(C)O2)[C@](N=[N+]=[N-])(C(=O)O)C1. The van der Waals surface area contributed by atoms with Crippen molar-refractivity contribution >= 4 is 29.4 Å². The molecule has 0 aromatic rings. The molecule has 0 bridgehead atoms. The van der Waals surface area contributed by atoms with Gasteiger partial charge >= 0.3 is 19.2 Å². The van der Waals surface area contributed by atoms with Gasteiger partial charge in [0, 0.05) is 30.6 Å². The summed E-state index contributed by atoms with van der Waals surface area (Å²) >= 11 is 0. The van der Waals surface area contributed by atoms with Gasteiger partial charge in [-0.15, -0.1) is 0 Å². The maximum absolute atomic E-state index is 13.1. The monoisotopic (exact) mass is 560 g/mol. The third-order valence-corrected chi connectivity index (χ3v) is 8.70. The van der Waals surface area contributed by atoms with Crippen molar-refractivity contribution in [2.24, 2.45) is 11.0 Å². The number of carboxylic acids is 1. The highest BCUT2D eigenvalue weighted by Gasteiger charge is 2.55. The second kappa shape index (κ2) is 11.6. The van der Waals surface area contributed by atoms with E-state index in [9.17, 15) is 23.1 Å². The molecule has 3 atom stereocenters. The molecule has 2 saturated heterocycles. The van der Waals surface area contributed by atoms with Crippen LogP contribution in [0.25, 0.3) is 10.4 Å². The molecule has 0 unspecified atom stereocenters. The summed E-state index contributed by atoms with van der Waals surface area (Å²) in [6, 6.07) is -0.728. The van der Waals surface area contributed by atoms with E-state index in [4.69, 9.17) is 19.6 Å². The predicted molar refractivity (Wildman–Crippen MR) is 140 cm³/mol. The van der Waals surface area contributed by atoms with Crippen LogP contribution < -0.4 is 10.0 Å². The molecule has 0 aromatic carbocycles.